The summed E-state index contributed by atoms with van der Waals surface area (Å²) in [5, 5.41) is 0. The van der Waals surface area contributed by atoms with E-state index in [0.717, 1.165) is 6.61 Å². The zero-order valence-electron chi connectivity index (χ0n) is 10.5. The first-order valence-electron chi connectivity index (χ1n) is 7.24. The van der Waals surface area contributed by atoms with Crippen LogP contribution in [0.2, 0.25) is 0 Å². The monoisotopic (exact) mass is 222 g/mol. The van der Waals surface area contributed by atoms with E-state index in [-0.39, 0.29) is 0 Å². The minimum Gasteiger partial charge on any atom is -0.378 e. The number of fused-ring (bicyclic) bond motifs is 2. The van der Waals surface area contributed by atoms with Crippen LogP contribution in [0, 0.1) is 0 Å². The highest BCUT2D eigenvalue weighted by Gasteiger charge is 2.15. The van der Waals surface area contributed by atoms with Crippen molar-refractivity contribution >= 4 is 0 Å². The lowest BCUT2D eigenvalue weighted by Crippen LogP contribution is -2.17. The maximum Gasteiger partial charge on any atom is 0.0615 e. The van der Waals surface area contributed by atoms with E-state index in [9.17, 15) is 0 Å². The summed E-state index contributed by atoms with van der Waals surface area (Å²) in [4.78, 5) is 0. The van der Waals surface area contributed by atoms with Crippen LogP contribution in [0.25, 0.3) is 0 Å². The molecule has 0 amide bonds. The van der Waals surface area contributed by atoms with Crippen molar-refractivity contribution in [2.75, 3.05) is 6.61 Å². The Morgan fingerprint density at radius 3 is 2.56 bits per heavy atom. The quantitative estimate of drug-likeness (QED) is 0.544. The Labute approximate surface area is 100 Å². The molecule has 2 bridgehead atoms. The average molecular weight is 222 g/mol. The Kier molecular flexibility index (Phi) is 5.41. The summed E-state index contributed by atoms with van der Waals surface area (Å²) in [5.41, 5.74) is 1.68. The van der Waals surface area contributed by atoms with E-state index in [2.05, 4.69) is 6.08 Å². The van der Waals surface area contributed by atoms with E-state index in [4.69, 9.17) is 4.74 Å². The molecule has 1 nitrogen and oxygen atoms in total. The molecule has 0 aromatic carbocycles. The minimum absolute atomic E-state index is 0.542. The maximum atomic E-state index is 5.99. The van der Waals surface area contributed by atoms with Crippen LogP contribution in [-0.4, -0.2) is 12.7 Å². The van der Waals surface area contributed by atoms with Crippen LogP contribution in [0.1, 0.15) is 70.6 Å². The van der Waals surface area contributed by atoms with Gasteiger partial charge in [0.2, 0.25) is 0 Å². The average Bonchev–Trinajstić information content (AvgIpc) is 2.32. The molecule has 16 heavy (non-hydrogen) atoms. The van der Waals surface area contributed by atoms with Gasteiger partial charge in [-0.1, -0.05) is 43.8 Å². The first-order valence-corrected chi connectivity index (χ1v) is 7.24. The van der Waals surface area contributed by atoms with Crippen LogP contribution in [0.3, 0.4) is 0 Å². The zero-order valence-corrected chi connectivity index (χ0v) is 10.5. The molecular formula is C15H26O. The number of allylic oxidation sites excluding steroid dienone is 1. The molecule has 0 radical (unpaired) electrons. The summed E-state index contributed by atoms with van der Waals surface area (Å²) in [7, 11) is 0. The fourth-order valence-electron chi connectivity index (χ4n) is 2.89. The van der Waals surface area contributed by atoms with Crippen molar-refractivity contribution in [3.05, 3.63) is 11.6 Å². The first kappa shape index (κ1) is 12.2. The van der Waals surface area contributed by atoms with E-state index in [1.54, 1.807) is 5.57 Å². The molecule has 0 aromatic heterocycles. The largest absolute Gasteiger partial charge is 0.378 e. The van der Waals surface area contributed by atoms with Crippen LogP contribution in [0.15, 0.2) is 11.6 Å². The Bertz CT molecular complexity index is 219. The van der Waals surface area contributed by atoms with Crippen LogP contribution >= 0.6 is 0 Å². The van der Waals surface area contributed by atoms with Gasteiger partial charge in [0, 0.05) is 6.61 Å². The fourth-order valence-corrected chi connectivity index (χ4v) is 2.89. The number of rotatable bonds is 0. The molecule has 0 N–H and O–H groups in total. The molecule has 2 rings (SSSR count). The third kappa shape index (κ3) is 4.29. The van der Waals surface area contributed by atoms with Gasteiger partial charge < -0.3 is 4.74 Å². The van der Waals surface area contributed by atoms with Gasteiger partial charge in [0.25, 0.3) is 0 Å². The summed E-state index contributed by atoms with van der Waals surface area (Å²) in [6.07, 6.45) is 17.8. The molecule has 1 saturated heterocycles. The highest BCUT2D eigenvalue weighted by molar-refractivity contribution is 5.07. The molecule has 1 aliphatic heterocycles. The van der Waals surface area contributed by atoms with Crippen molar-refractivity contribution in [2.45, 2.75) is 76.7 Å². The van der Waals surface area contributed by atoms with Crippen molar-refractivity contribution in [1.29, 1.82) is 0 Å². The van der Waals surface area contributed by atoms with E-state index in [1.165, 1.54) is 70.6 Å². The summed E-state index contributed by atoms with van der Waals surface area (Å²) in [6, 6.07) is 0. The Morgan fingerprint density at radius 2 is 1.69 bits per heavy atom. The number of ether oxygens (including phenoxy) is 1. The third-order valence-corrected chi connectivity index (χ3v) is 3.91. The van der Waals surface area contributed by atoms with Gasteiger partial charge in [-0.2, -0.15) is 0 Å². The lowest BCUT2D eigenvalue weighted by atomic mass is 9.93. The molecule has 1 heteroatoms. The van der Waals surface area contributed by atoms with Gasteiger partial charge in [-0.05, 0) is 38.5 Å². The fraction of sp³-hybridized carbons (Fsp3) is 0.867. The summed E-state index contributed by atoms with van der Waals surface area (Å²) in [5.74, 6) is 0. The molecule has 1 unspecified atom stereocenters. The van der Waals surface area contributed by atoms with Crippen molar-refractivity contribution < 1.29 is 4.74 Å². The molecular weight excluding hydrogens is 196 g/mol. The topological polar surface area (TPSA) is 9.23 Å². The third-order valence-electron chi connectivity index (χ3n) is 3.91. The second kappa shape index (κ2) is 7.11. The molecule has 1 fully saturated rings. The van der Waals surface area contributed by atoms with Crippen molar-refractivity contribution in [3.8, 4) is 0 Å². The SMILES string of the molecule is C1=C2CCCCCCCCCOC(CC1)C2. The Morgan fingerprint density at radius 1 is 0.938 bits per heavy atom. The first-order chi connectivity index (χ1) is 7.95. The predicted octanol–water partition coefficient (Wildman–Crippen LogP) is 4.62. The van der Waals surface area contributed by atoms with Crippen molar-refractivity contribution in [2.24, 2.45) is 0 Å². The minimum atomic E-state index is 0.542. The van der Waals surface area contributed by atoms with E-state index in [0.29, 0.717) is 6.10 Å². The van der Waals surface area contributed by atoms with Gasteiger partial charge in [0.1, 0.15) is 0 Å². The van der Waals surface area contributed by atoms with E-state index < -0.39 is 0 Å². The molecule has 1 heterocycles. The molecule has 0 aromatic rings. The second-order valence-electron chi connectivity index (χ2n) is 5.36. The lowest BCUT2D eigenvalue weighted by Gasteiger charge is -2.23. The van der Waals surface area contributed by atoms with Gasteiger partial charge in [0.15, 0.2) is 0 Å². The lowest BCUT2D eigenvalue weighted by molar-refractivity contribution is 0.0423. The molecule has 0 saturated carbocycles. The summed E-state index contributed by atoms with van der Waals surface area (Å²) in [6.45, 7) is 0.998. The summed E-state index contributed by atoms with van der Waals surface area (Å²) < 4.78 is 5.99. The Hall–Kier alpha value is -0.300. The normalized spacial score (nSPS) is 29.5. The Balaban J connectivity index is 1.81. The van der Waals surface area contributed by atoms with E-state index >= 15 is 0 Å². The van der Waals surface area contributed by atoms with Gasteiger partial charge in [-0.25, -0.2) is 0 Å². The van der Waals surface area contributed by atoms with Gasteiger partial charge in [-0.15, -0.1) is 0 Å². The van der Waals surface area contributed by atoms with Crippen LogP contribution in [0.4, 0.5) is 0 Å². The second-order valence-corrected chi connectivity index (χ2v) is 5.36. The highest BCUT2D eigenvalue weighted by atomic mass is 16.5. The standard InChI is InChI=1S/C15H26O/c1-2-4-6-9-14-10-8-11-15(13-14)16-12-7-5-3-1/h10,15H,1-9,11-13H2. The van der Waals surface area contributed by atoms with Gasteiger partial charge >= 0.3 is 0 Å². The van der Waals surface area contributed by atoms with Crippen molar-refractivity contribution in [1.82, 2.24) is 0 Å². The molecule has 2 aliphatic rings. The molecule has 92 valence electrons. The van der Waals surface area contributed by atoms with Gasteiger partial charge in [-0.3, -0.25) is 0 Å². The number of hydrogen-bond donors (Lipinski definition) is 0. The highest BCUT2D eigenvalue weighted by Crippen LogP contribution is 2.26. The molecule has 0 spiro atoms. The van der Waals surface area contributed by atoms with Crippen molar-refractivity contribution in [3.63, 3.8) is 0 Å². The van der Waals surface area contributed by atoms with Crippen LogP contribution in [-0.2, 0) is 4.74 Å². The number of hydrogen-bond acceptors (Lipinski definition) is 1. The van der Waals surface area contributed by atoms with E-state index in [1.807, 2.05) is 0 Å². The summed E-state index contributed by atoms with van der Waals surface area (Å²) >= 11 is 0. The van der Waals surface area contributed by atoms with Crippen LogP contribution in [0.5, 0.6) is 0 Å². The smallest absolute Gasteiger partial charge is 0.0615 e. The molecule has 1 aliphatic carbocycles. The molecule has 1 atom stereocenters. The zero-order chi connectivity index (χ0) is 11.1. The predicted molar refractivity (Wildman–Crippen MR) is 68.6 cm³/mol. The maximum absolute atomic E-state index is 5.99. The van der Waals surface area contributed by atoms with Gasteiger partial charge in [0.05, 0.1) is 6.10 Å². The van der Waals surface area contributed by atoms with Crippen LogP contribution < -0.4 is 0 Å².